The summed E-state index contributed by atoms with van der Waals surface area (Å²) in [6.07, 6.45) is 1.61. The lowest BCUT2D eigenvalue weighted by Gasteiger charge is -2.06. The van der Waals surface area contributed by atoms with E-state index in [0.29, 0.717) is 29.3 Å². The Hall–Kier alpha value is -2.48. The van der Waals surface area contributed by atoms with E-state index in [1.807, 2.05) is 13.0 Å². The highest BCUT2D eigenvalue weighted by atomic mass is 19.1. The van der Waals surface area contributed by atoms with Crippen LogP contribution in [-0.4, -0.2) is 9.97 Å². The van der Waals surface area contributed by atoms with Crippen LogP contribution in [0.4, 0.5) is 10.2 Å². The molecule has 19 heavy (non-hydrogen) atoms. The minimum Gasteiger partial charge on any atom is -0.384 e. The van der Waals surface area contributed by atoms with Gasteiger partial charge in [-0.15, -0.1) is 0 Å². The minimum atomic E-state index is -0.469. The summed E-state index contributed by atoms with van der Waals surface area (Å²) in [5, 5.41) is 8.85. The van der Waals surface area contributed by atoms with E-state index in [1.165, 1.54) is 12.1 Å². The predicted octanol–water partition coefficient (Wildman–Crippen LogP) is 2.69. The summed E-state index contributed by atoms with van der Waals surface area (Å²) in [6, 6.07) is 7.59. The number of aromatic nitrogens is 2. The molecule has 96 valence electrons. The monoisotopic (exact) mass is 256 g/mol. The van der Waals surface area contributed by atoms with Crippen molar-refractivity contribution < 1.29 is 4.39 Å². The van der Waals surface area contributed by atoms with E-state index in [1.54, 1.807) is 12.1 Å². The molecule has 0 saturated heterocycles. The molecule has 0 radical (unpaired) electrons. The second kappa shape index (κ2) is 5.44. The van der Waals surface area contributed by atoms with Gasteiger partial charge in [0.15, 0.2) is 0 Å². The topological polar surface area (TPSA) is 75.6 Å². The summed E-state index contributed by atoms with van der Waals surface area (Å²) in [6.45, 7) is 2.02. The van der Waals surface area contributed by atoms with Crippen molar-refractivity contribution in [2.24, 2.45) is 0 Å². The normalized spacial score (nSPS) is 10.2. The van der Waals surface area contributed by atoms with Gasteiger partial charge in [0.1, 0.15) is 17.5 Å². The second-order valence-corrected chi connectivity index (χ2v) is 4.18. The Morgan fingerprint density at radius 2 is 2.05 bits per heavy atom. The van der Waals surface area contributed by atoms with Crippen molar-refractivity contribution in [3.8, 4) is 17.3 Å². The van der Waals surface area contributed by atoms with E-state index in [9.17, 15) is 4.39 Å². The van der Waals surface area contributed by atoms with Crippen LogP contribution in [0.1, 0.15) is 24.7 Å². The Balaban J connectivity index is 2.52. The van der Waals surface area contributed by atoms with Crippen LogP contribution in [0.15, 0.2) is 24.3 Å². The first-order valence-electron chi connectivity index (χ1n) is 5.97. The number of aryl methyl sites for hydroxylation is 1. The number of hydrogen-bond donors (Lipinski definition) is 1. The van der Waals surface area contributed by atoms with Gasteiger partial charge in [-0.05, 0) is 24.6 Å². The third kappa shape index (κ3) is 3.05. The van der Waals surface area contributed by atoms with Crippen LogP contribution in [0.2, 0.25) is 0 Å². The first-order chi connectivity index (χ1) is 9.12. The molecule has 1 heterocycles. The van der Waals surface area contributed by atoms with Crippen molar-refractivity contribution in [2.45, 2.75) is 19.8 Å². The number of rotatable bonds is 3. The number of halogens is 1. The molecule has 0 spiro atoms. The summed E-state index contributed by atoms with van der Waals surface area (Å²) in [4.78, 5) is 8.46. The first-order valence-corrected chi connectivity index (χ1v) is 5.97. The number of nitrogens with two attached hydrogens (primary N) is 1. The SMILES string of the molecule is CCCc1nc(N)cc(-c2cc(F)cc(C#N)c2)n1. The largest absolute Gasteiger partial charge is 0.384 e. The van der Waals surface area contributed by atoms with Crippen LogP contribution in [-0.2, 0) is 6.42 Å². The zero-order chi connectivity index (χ0) is 13.8. The Morgan fingerprint density at radius 3 is 2.74 bits per heavy atom. The standard InChI is InChI=1S/C14H13FN4/c1-2-3-14-18-12(7-13(17)19-14)10-4-9(8-16)5-11(15)6-10/h4-7H,2-3H2,1H3,(H2,17,18,19). The zero-order valence-electron chi connectivity index (χ0n) is 10.5. The quantitative estimate of drug-likeness (QED) is 0.916. The molecule has 4 nitrogen and oxygen atoms in total. The molecule has 2 aromatic rings. The number of benzene rings is 1. The lowest BCUT2D eigenvalue weighted by Crippen LogP contribution is -2.01. The average Bonchev–Trinajstić information content (AvgIpc) is 2.37. The molecular weight excluding hydrogens is 243 g/mol. The molecule has 1 aromatic heterocycles. The Bertz CT molecular complexity index is 646. The molecule has 0 amide bonds. The van der Waals surface area contributed by atoms with Gasteiger partial charge in [-0.25, -0.2) is 14.4 Å². The summed E-state index contributed by atoms with van der Waals surface area (Å²) in [5.41, 5.74) is 7.04. The lowest BCUT2D eigenvalue weighted by molar-refractivity contribution is 0.627. The van der Waals surface area contributed by atoms with Crippen molar-refractivity contribution >= 4 is 5.82 Å². The van der Waals surface area contributed by atoms with Gasteiger partial charge in [-0.1, -0.05) is 6.92 Å². The van der Waals surface area contributed by atoms with Crippen molar-refractivity contribution in [3.05, 3.63) is 41.5 Å². The molecule has 0 bridgehead atoms. The molecule has 2 rings (SSSR count). The van der Waals surface area contributed by atoms with Crippen LogP contribution in [0.3, 0.4) is 0 Å². The third-order valence-electron chi connectivity index (χ3n) is 2.59. The van der Waals surface area contributed by atoms with Gasteiger partial charge in [0.25, 0.3) is 0 Å². The second-order valence-electron chi connectivity index (χ2n) is 4.18. The molecule has 0 saturated carbocycles. The van der Waals surface area contributed by atoms with E-state index in [2.05, 4.69) is 9.97 Å². The van der Waals surface area contributed by atoms with Crippen molar-refractivity contribution in [3.63, 3.8) is 0 Å². The molecule has 0 aliphatic carbocycles. The number of nitriles is 1. The van der Waals surface area contributed by atoms with Gasteiger partial charge in [0, 0.05) is 18.1 Å². The summed E-state index contributed by atoms with van der Waals surface area (Å²) >= 11 is 0. The highest BCUT2D eigenvalue weighted by Gasteiger charge is 2.07. The van der Waals surface area contributed by atoms with Crippen LogP contribution in [0.5, 0.6) is 0 Å². The zero-order valence-corrected chi connectivity index (χ0v) is 10.5. The molecule has 0 atom stereocenters. The van der Waals surface area contributed by atoms with Crippen LogP contribution in [0.25, 0.3) is 11.3 Å². The van der Waals surface area contributed by atoms with Crippen molar-refractivity contribution in [1.29, 1.82) is 5.26 Å². The predicted molar refractivity (Wildman–Crippen MR) is 70.5 cm³/mol. The fourth-order valence-corrected chi connectivity index (χ4v) is 1.80. The molecule has 0 fully saturated rings. The molecule has 0 unspecified atom stereocenters. The minimum absolute atomic E-state index is 0.254. The van der Waals surface area contributed by atoms with E-state index in [4.69, 9.17) is 11.0 Å². The van der Waals surface area contributed by atoms with Gasteiger partial charge >= 0.3 is 0 Å². The van der Waals surface area contributed by atoms with Crippen molar-refractivity contribution in [2.75, 3.05) is 5.73 Å². The highest BCUT2D eigenvalue weighted by Crippen LogP contribution is 2.21. The lowest BCUT2D eigenvalue weighted by atomic mass is 10.1. The van der Waals surface area contributed by atoms with E-state index in [-0.39, 0.29) is 5.56 Å². The molecule has 1 aromatic carbocycles. The smallest absolute Gasteiger partial charge is 0.131 e. The number of anilines is 1. The summed E-state index contributed by atoms with van der Waals surface area (Å²) in [5.74, 6) is 0.500. The van der Waals surface area contributed by atoms with Crippen LogP contribution >= 0.6 is 0 Å². The van der Waals surface area contributed by atoms with Crippen LogP contribution in [0, 0.1) is 17.1 Å². The van der Waals surface area contributed by atoms with Gasteiger partial charge in [0.05, 0.1) is 17.3 Å². The molecular formula is C14H13FN4. The third-order valence-corrected chi connectivity index (χ3v) is 2.59. The van der Waals surface area contributed by atoms with Crippen LogP contribution < -0.4 is 5.73 Å². The Morgan fingerprint density at radius 1 is 1.26 bits per heavy atom. The number of hydrogen-bond acceptors (Lipinski definition) is 4. The molecule has 0 aliphatic rings. The average molecular weight is 256 g/mol. The van der Waals surface area contributed by atoms with E-state index < -0.39 is 5.82 Å². The van der Waals surface area contributed by atoms with E-state index in [0.717, 1.165) is 6.42 Å². The molecule has 0 aliphatic heterocycles. The molecule has 5 heteroatoms. The van der Waals surface area contributed by atoms with Gasteiger partial charge in [0.2, 0.25) is 0 Å². The van der Waals surface area contributed by atoms with Crippen molar-refractivity contribution in [1.82, 2.24) is 9.97 Å². The maximum Gasteiger partial charge on any atom is 0.131 e. The highest BCUT2D eigenvalue weighted by molar-refractivity contribution is 5.63. The first kappa shape index (κ1) is 13.0. The Kier molecular flexibility index (Phi) is 3.71. The summed E-state index contributed by atoms with van der Waals surface area (Å²) < 4.78 is 13.4. The maximum atomic E-state index is 13.4. The van der Waals surface area contributed by atoms with E-state index >= 15 is 0 Å². The van der Waals surface area contributed by atoms with Gasteiger partial charge in [-0.2, -0.15) is 5.26 Å². The fraction of sp³-hybridized carbons (Fsp3) is 0.214. The Labute approximate surface area is 110 Å². The van der Waals surface area contributed by atoms with Gasteiger partial charge in [-0.3, -0.25) is 0 Å². The maximum absolute atomic E-state index is 13.4. The fourth-order valence-electron chi connectivity index (χ4n) is 1.80. The number of nitrogens with zero attached hydrogens (tertiary/aromatic N) is 3. The summed E-state index contributed by atoms with van der Waals surface area (Å²) in [7, 11) is 0. The van der Waals surface area contributed by atoms with Gasteiger partial charge < -0.3 is 5.73 Å². The molecule has 2 N–H and O–H groups in total. The number of nitrogen functional groups attached to an aromatic ring is 1.